The lowest BCUT2D eigenvalue weighted by atomic mass is 9.89. The van der Waals surface area contributed by atoms with Crippen LogP contribution in [0.15, 0.2) is 104 Å². The average Bonchev–Trinajstić information content (AvgIpc) is 3.87. The molecule has 10 heteroatoms. The molecular formula is C36H12F2N6O2. The molecule has 0 radical (unpaired) electrons. The Kier molecular flexibility index (Phi) is 7.03. The predicted octanol–water partition coefficient (Wildman–Crippen LogP) is 7.38. The second-order valence-electron chi connectivity index (χ2n) is 9.83. The van der Waals surface area contributed by atoms with Gasteiger partial charge in [0.15, 0.2) is 0 Å². The largest absolute Gasteiger partial charge is 0.445 e. The molecule has 2 aliphatic rings. The first-order chi connectivity index (χ1) is 22.3. The summed E-state index contributed by atoms with van der Waals surface area (Å²) in [7, 11) is 0. The summed E-state index contributed by atoms with van der Waals surface area (Å²) in [5.41, 5.74) is 2.15. The quantitative estimate of drug-likeness (QED) is 0.219. The van der Waals surface area contributed by atoms with Crippen LogP contribution in [0, 0.1) is 79.6 Å². The summed E-state index contributed by atoms with van der Waals surface area (Å²) in [5, 5.41) is 58.1. The second-order valence-corrected chi connectivity index (χ2v) is 9.83. The fraction of sp³-hybridized carbons (Fsp3) is 0. The molecular weight excluding hydrogens is 586 g/mol. The molecule has 2 aromatic heterocycles. The predicted molar refractivity (Wildman–Crippen MR) is 157 cm³/mol. The summed E-state index contributed by atoms with van der Waals surface area (Å²) in [6.45, 7) is 0. The number of rotatable bonds is 4. The van der Waals surface area contributed by atoms with Gasteiger partial charge in [-0.25, -0.2) is 8.78 Å². The van der Waals surface area contributed by atoms with Gasteiger partial charge in [-0.15, -0.1) is 0 Å². The van der Waals surface area contributed by atoms with Crippen molar-refractivity contribution < 1.29 is 17.6 Å². The molecule has 4 aromatic rings. The molecule has 0 saturated heterocycles. The smallest absolute Gasteiger partial charge is 0.204 e. The average molecular weight is 599 g/mol. The Labute approximate surface area is 259 Å². The Morgan fingerprint density at radius 3 is 1.24 bits per heavy atom. The Balaban J connectivity index is 1.70. The van der Waals surface area contributed by atoms with Gasteiger partial charge in [-0.2, -0.15) is 31.6 Å². The number of furan rings is 2. The maximum Gasteiger partial charge on any atom is 0.204 e. The van der Waals surface area contributed by atoms with E-state index >= 15 is 0 Å². The van der Waals surface area contributed by atoms with Crippen LogP contribution in [0.2, 0.25) is 0 Å². The number of benzene rings is 2. The SMILES string of the molecule is N#C/C(=C1\C(c2ccc(C#N)c(F)c2)=CC2=C1C=C(c1ccc(C#N)c(F)c1)/C2=C(\C#N)c1ccc(C#N)o1)c1ccc(C#N)o1. The Hall–Kier alpha value is -7.50. The molecule has 0 unspecified atom stereocenters. The third-order valence-corrected chi connectivity index (χ3v) is 7.39. The molecule has 2 aliphatic carbocycles. The zero-order valence-electron chi connectivity index (χ0n) is 23.2. The standard InChI is InChI=1S/C36H12F2N6O2/c37-31-9-19(1-3-21(31)13-39)25-11-27-28(35(25)29(17-43)33-7-5-23(15-41)45-33)12-26(20-2-4-22(14-40)32(38)10-20)36(27)30(18-44)34-8-6-24(16-42)46-34/h1-12H/b35-29-,36-30-. The molecule has 2 aromatic carbocycles. The van der Waals surface area contributed by atoms with Crippen molar-refractivity contribution in [2.24, 2.45) is 0 Å². The summed E-state index contributed by atoms with van der Waals surface area (Å²) < 4.78 is 41.0. The zero-order valence-corrected chi connectivity index (χ0v) is 23.2. The van der Waals surface area contributed by atoms with Crippen LogP contribution < -0.4 is 0 Å². The first kappa shape index (κ1) is 28.6. The van der Waals surface area contributed by atoms with E-state index < -0.39 is 11.6 Å². The lowest BCUT2D eigenvalue weighted by Crippen LogP contribution is -1.97. The van der Waals surface area contributed by atoms with Crippen molar-refractivity contribution >= 4 is 22.3 Å². The number of hydrogen-bond acceptors (Lipinski definition) is 8. The molecule has 212 valence electrons. The summed E-state index contributed by atoms with van der Waals surface area (Å²) in [4.78, 5) is 0. The summed E-state index contributed by atoms with van der Waals surface area (Å²) in [5.74, 6) is -1.62. The van der Waals surface area contributed by atoms with E-state index in [2.05, 4.69) is 12.1 Å². The van der Waals surface area contributed by atoms with Crippen LogP contribution in [0.3, 0.4) is 0 Å². The Morgan fingerprint density at radius 1 is 0.522 bits per heavy atom. The van der Waals surface area contributed by atoms with E-state index in [1.165, 1.54) is 48.5 Å². The van der Waals surface area contributed by atoms with Gasteiger partial charge in [0.1, 0.15) is 70.7 Å². The highest BCUT2D eigenvalue weighted by molar-refractivity contribution is 6.11. The highest BCUT2D eigenvalue weighted by Crippen LogP contribution is 2.53. The molecule has 0 bridgehead atoms. The molecule has 46 heavy (non-hydrogen) atoms. The van der Waals surface area contributed by atoms with Crippen molar-refractivity contribution in [3.05, 3.63) is 152 Å². The lowest BCUT2D eigenvalue weighted by molar-refractivity contribution is 0.540. The normalized spacial score (nSPS) is 15.3. The minimum Gasteiger partial charge on any atom is -0.445 e. The van der Waals surface area contributed by atoms with Crippen molar-refractivity contribution in [1.29, 1.82) is 31.6 Å². The van der Waals surface area contributed by atoms with E-state index in [-0.39, 0.29) is 56.5 Å². The van der Waals surface area contributed by atoms with Gasteiger partial charge in [-0.1, -0.05) is 12.1 Å². The fourth-order valence-electron chi connectivity index (χ4n) is 5.37. The maximum absolute atomic E-state index is 14.9. The van der Waals surface area contributed by atoms with Gasteiger partial charge in [0.2, 0.25) is 11.5 Å². The fourth-order valence-corrected chi connectivity index (χ4v) is 5.37. The van der Waals surface area contributed by atoms with Crippen molar-refractivity contribution in [3.8, 4) is 36.4 Å². The second kappa shape index (κ2) is 11.3. The van der Waals surface area contributed by atoms with Gasteiger partial charge in [0.05, 0.1) is 11.1 Å². The minimum atomic E-state index is -0.798. The highest BCUT2D eigenvalue weighted by Gasteiger charge is 2.36. The highest BCUT2D eigenvalue weighted by atomic mass is 19.1. The van der Waals surface area contributed by atoms with Crippen molar-refractivity contribution in [2.45, 2.75) is 0 Å². The Morgan fingerprint density at radius 2 is 0.935 bits per heavy atom. The number of allylic oxidation sites excluding steroid dienone is 10. The molecule has 0 fully saturated rings. The van der Waals surface area contributed by atoms with Crippen LogP contribution in [0.25, 0.3) is 22.3 Å². The van der Waals surface area contributed by atoms with E-state index in [1.807, 2.05) is 12.1 Å². The van der Waals surface area contributed by atoms with Gasteiger partial charge < -0.3 is 8.83 Å². The van der Waals surface area contributed by atoms with Gasteiger partial charge in [-0.3, -0.25) is 0 Å². The molecule has 0 atom stereocenters. The van der Waals surface area contributed by atoms with Crippen molar-refractivity contribution in [2.75, 3.05) is 0 Å². The van der Waals surface area contributed by atoms with E-state index in [9.17, 15) is 40.4 Å². The zero-order chi connectivity index (χ0) is 32.5. The third-order valence-electron chi connectivity index (χ3n) is 7.39. The number of hydrogen-bond donors (Lipinski definition) is 0. The number of nitrogens with zero attached hydrogens (tertiary/aromatic N) is 6. The van der Waals surface area contributed by atoms with Crippen LogP contribution in [0.4, 0.5) is 8.78 Å². The van der Waals surface area contributed by atoms with Crippen LogP contribution in [0.5, 0.6) is 0 Å². The monoisotopic (exact) mass is 598 g/mol. The summed E-state index contributed by atoms with van der Waals surface area (Å²) in [6, 6.07) is 25.1. The summed E-state index contributed by atoms with van der Waals surface area (Å²) in [6.07, 6.45) is 3.25. The molecule has 0 spiro atoms. The minimum absolute atomic E-state index is 0.0198. The molecule has 6 rings (SSSR count). The summed E-state index contributed by atoms with van der Waals surface area (Å²) >= 11 is 0. The molecule has 0 amide bonds. The first-order valence-corrected chi connectivity index (χ1v) is 13.2. The van der Waals surface area contributed by atoms with Gasteiger partial charge in [0.25, 0.3) is 0 Å². The van der Waals surface area contributed by atoms with E-state index in [1.54, 1.807) is 24.3 Å². The van der Waals surface area contributed by atoms with E-state index in [0.29, 0.717) is 33.4 Å². The molecule has 8 nitrogen and oxygen atoms in total. The van der Waals surface area contributed by atoms with Crippen LogP contribution in [-0.2, 0) is 0 Å². The van der Waals surface area contributed by atoms with Crippen LogP contribution >= 0.6 is 0 Å². The first-order valence-electron chi connectivity index (χ1n) is 13.2. The molecule has 0 N–H and O–H groups in total. The van der Waals surface area contributed by atoms with Gasteiger partial charge >= 0.3 is 0 Å². The third kappa shape index (κ3) is 4.55. The molecule has 0 saturated carbocycles. The number of halogens is 2. The van der Waals surface area contributed by atoms with Crippen molar-refractivity contribution in [1.82, 2.24) is 0 Å². The number of nitriles is 6. The Bertz CT molecular complexity index is 2290. The van der Waals surface area contributed by atoms with Crippen LogP contribution in [0.1, 0.15) is 45.3 Å². The maximum atomic E-state index is 14.9. The van der Waals surface area contributed by atoms with Crippen LogP contribution in [-0.4, -0.2) is 0 Å². The molecule has 2 heterocycles. The lowest BCUT2D eigenvalue weighted by Gasteiger charge is -2.14. The van der Waals surface area contributed by atoms with Crippen molar-refractivity contribution in [3.63, 3.8) is 0 Å². The topological polar surface area (TPSA) is 169 Å². The van der Waals surface area contributed by atoms with E-state index in [0.717, 1.165) is 12.1 Å². The van der Waals surface area contributed by atoms with E-state index in [4.69, 9.17) is 8.83 Å². The van der Waals surface area contributed by atoms with Gasteiger partial charge in [0, 0.05) is 11.1 Å². The van der Waals surface area contributed by atoms with Gasteiger partial charge in [-0.05, 0) is 94.1 Å². The molecule has 0 aliphatic heterocycles.